The molecule has 8 nitrogen and oxygen atoms in total. The van der Waals surface area contributed by atoms with Gasteiger partial charge in [-0.15, -0.1) is 0 Å². The summed E-state index contributed by atoms with van der Waals surface area (Å²) in [5.74, 6) is 0.637. The molecule has 0 radical (unpaired) electrons. The SMILES string of the molecule is C[C@@H]1CN(C(=O)N2CCOCC2)C[C@@H]1c1cnc2cnc3[nH]ccc3n12. The Bertz CT molecular complexity index is 957. The first-order chi connectivity index (χ1) is 12.7. The summed E-state index contributed by atoms with van der Waals surface area (Å²) < 4.78 is 7.53. The van der Waals surface area contributed by atoms with Gasteiger partial charge in [0.05, 0.1) is 24.9 Å². The fraction of sp³-hybridized carbons (Fsp3) is 0.500. The molecule has 2 atom stereocenters. The molecule has 0 saturated carbocycles. The van der Waals surface area contributed by atoms with Crippen LogP contribution in [0, 0.1) is 5.92 Å². The van der Waals surface area contributed by atoms with Crippen LogP contribution in [0.15, 0.2) is 24.7 Å². The van der Waals surface area contributed by atoms with E-state index in [1.807, 2.05) is 28.3 Å². The van der Waals surface area contributed by atoms with Crippen molar-refractivity contribution in [2.45, 2.75) is 12.8 Å². The van der Waals surface area contributed by atoms with Gasteiger partial charge in [0, 0.05) is 50.2 Å². The Morgan fingerprint density at radius 2 is 2.04 bits per heavy atom. The number of ether oxygens (including phenoxy) is 1. The molecule has 5 rings (SSSR count). The number of urea groups is 1. The minimum absolute atomic E-state index is 0.130. The van der Waals surface area contributed by atoms with E-state index in [1.165, 1.54) is 0 Å². The van der Waals surface area contributed by atoms with E-state index < -0.39 is 0 Å². The molecule has 2 aliphatic heterocycles. The topological polar surface area (TPSA) is 78.8 Å². The number of imidazole rings is 1. The minimum Gasteiger partial charge on any atom is -0.378 e. The second-order valence-electron chi connectivity index (χ2n) is 7.22. The number of H-pyrrole nitrogens is 1. The van der Waals surface area contributed by atoms with Crippen LogP contribution in [0.25, 0.3) is 16.8 Å². The minimum atomic E-state index is 0.130. The average molecular weight is 354 g/mol. The van der Waals surface area contributed by atoms with E-state index in [4.69, 9.17) is 4.74 Å². The molecule has 1 N–H and O–H groups in total. The Kier molecular flexibility index (Phi) is 3.59. The zero-order chi connectivity index (χ0) is 17.7. The fourth-order valence-corrected chi connectivity index (χ4v) is 4.22. The number of amides is 2. The molecule has 2 amide bonds. The van der Waals surface area contributed by atoms with Gasteiger partial charge in [0.2, 0.25) is 0 Å². The Morgan fingerprint density at radius 3 is 2.88 bits per heavy atom. The average Bonchev–Trinajstić information content (AvgIpc) is 3.38. The van der Waals surface area contributed by atoms with Gasteiger partial charge in [-0.3, -0.25) is 4.40 Å². The van der Waals surface area contributed by atoms with Gasteiger partial charge in [0.1, 0.15) is 0 Å². The van der Waals surface area contributed by atoms with Crippen molar-refractivity contribution in [2.75, 3.05) is 39.4 Å². The molecule has 2 fully saturated rings. The van der Waals surface area contributed by atoms with E-state index in [0.717, 1.165) is 35.6 Å². The van der Waals surface area contributed by atoms with Gasteiger partial charge in [-0.2, -0.15) is 0 Å². The summed E-state index contributed by atoms with van der Waals surface area (Å²) in [6.45, 7) is 6.33. The normalized spacial score (nSPS) is 24.0. The predicted molar refractivity (Wildman–Crippen MR) is 96.1 cm³/mol. The van der Waals surface area contributed by atoms with Crippen LogP contribution in [0.5, 0.6) is 0 Å². The maximum atomic E-state index is 12.9. The number of carbonyl (C=O) groups excluding carboxylic acids is 1. The lowest BCUT2D eigenvalue weighted by Gasteiger charge is -2.31. The number of nitrogens with zero attached hydrogens (tertiary/aromatic N) is 5. The van der Waals surface area contributed by atoms with Gasteiger partial charge in [0.25, 0.3) is 0 Å². The van der Waals surface area contributed by atoms with Gasteiger partial charge in [0.15, 0.2) is 11.3 Å². The van der Waals surface area contributed by atoms with E-state index in [-0.39, 0.29) is 11.9 Å². The molecule has 2 saturated heterocycles. The second-order valence-corrected chi connectivity index (χ2v) is 7.22. The molecule has 0 spiro atoms. The molecule has 26 heavy (non-hydrogen) atoms. The summed E-state index contributed by atoms with van der Waals surface area (Å²) >= 11 is 0. The van der Waals surface area contributed by atoms with Crippen LogP contribution in [-0.4, -0.2) is 74.6 Å². The molecule has 3 aromatic rings. The van der Waals surface area contributed by atoms with E-state index in [0.29, 0.717) is 32.2 Å². The number of aromatic amines is 1. The third-order valence-corrected chi connectivity index (χ3v) is 5.61. The van der Waals surface area contributed by atoms with Crippen molar-refractivity contribution in [2.24, 2.45) is 5.92 Å². The maximum absolute atomic E-state index is 12.9. The number of hydrogen-bond donors (Lipinski definition) is 1. The lowest BCUT2D eigenvalue weighted by Crippen LogP contribution is -2.47. The number of rotatable bonds is 1. The zero-order valence-corrected chi connectivity index (χ0v) is 14.8. The molecule has 3 aromatic heterocycles. The number of carbonyl (C=O) groups is 1. The first kappa shape index (κ1) is 15.6. The third kappa shape index (κ3) is 2.36. The number of nitrogens with one attached hydrogen (secondary N) is 1. The Hall–Kier alpha value is -2.61. The number of aromatic nitrogens is 4. The molecule has 8 heteroatoms. The fourth-order valence-electron chi connectivity index (χ4n) is 4.22. The molecular weight excluding hydrogens is 332 g/mol. The van der Waals surface area contributed by atoms with Crippen molar-refractivity contribution in [3.8, 4) is 0 Å². The van der Waals surface area contributed by atoms with Crippen LogP contribution in [0.4, 0.5) is 4.79 Å². The largest absolute Gasteiger partial charge is 0.378 e. The molecule has 0 bridgehead atoms. The summed E-state index contributed by atoms with van der Waals surface area (Å²) in [5, 5.41) is 0. The molecule has 2 aliphatic rings. The molecule has 0 unspecified atom stereocenters. The molecule has 0 aliphatic carbocycles. The Labute approximate surface area is 150 Å². The highest BCUT2D eigenvalue weighted by Crippen LogP contribution is 2.34. The van der Waals surface area contributed by atoms with Crippen LogP contribution in [-0.2, 0) is 4.74 Å². The van der Waals surface area contributed by atoms with Crippen LogP contribution in [0.2, 0.25) is 0 Å². The predicted octanol–water partition coefficient (Wildman–Crippen LogP) is 1.70. The van der Waals surface area contributed by atoms with Gasteiger partial charge in [-0.25, -0.2) is 14.8 Å². The monoisotopic (exact) mass is 354 g/mol. The summed E-state index contributed by atoms with van der Waals surface area (Å²) in [6.07, 6.45) is 5.62. The summed E-state index contributed by atoms with van der Waals surface area (Å²) in [5.41, 5.74) is 3.87. The lowest BCUT2D eigenvalue weighted by atomic mass is 9.95. The third-order valence-electron chi connectivity index (χ3n) is 5.61. The van der Waals surface area contributed by atoms with Crippen molar-refractivity contribution in [1.29, 1.82) is 0 Å². The van der Waals surface area contributed by atoms with Gasteiger partial charge >= 0.3 is 6.03 Å². The van der Waals surface area contributed by atoms with Gasteiger partial charge in [-0.1, -0.05) is 6.92 Å². The number of hydrogen-bond acceptors (Lipinski definition) is 4. The molecule has 5 heterocycles. The standard InChI is InChI=1S/C18H22N6O2/c1-12-10-23(18(25)22-4-6-26-7-5-22)11-13(12)15-8-20-16-9-21-17-14(24(15)16)2-3-19-17/h2-3,8-9,12-13,19H,4-7,10-11H2,1H3/t12-,13+/m1/s1. The van der Waals surface area contributed by atoms with E-state index in [1.54, 1.807) is 6.20 Å². The van der Waals surface area contributed by atoms with E-state index in [9.17, 15) is 4.79 Å². The van der Waals surface area contributed by atoms with Gasteiger partial charge in [-0.05, 0) is 12.0 Å². The lowest BCUT2D eigenvalue weighted by molar-refractivity contribution is 0.0449. The van der Waals surface area contributed by atoms with Crippen LogP contribution >= 0.6 is 0 Å². The smallest absolute Gasteiger partial charge is 0.320 e. The number of likely N-dealkylation sites (tertiary alicyclic amines) is 1. The highest BCUT2D eigenvalue weighted by molar-refractivity contribution is 5.76. The Balaban J connectivity index is 1.46. The molecule has 0 aromatic carbocycles. The van der Waals surface area contributed by atoms with E-state index in [2.05, 4.69) is 26.3 Å². The maximum Gasteiger partial charge on any atom is 0.320 e. The zero-order valence-electron chi connectivity index (χ0n) is 14.8. The van der Waals surface area contributed by atoms with Crippen LogP contribution < -0.4 is 0 Å². The Morgan fingerprint density at radius 1 is 1.19 bits per heavy atom. The quantitative estimate of drug-likeness (QED) is 0.721. The highest BCUT2D eigenvalue weighted by atomic mass is 16.5. The second kappa shape index (κ2) is 5.98. The van der Waals surface area contributed by atoms with Crippen LogP contribution in [0.1, 0.15) is 18.5 Å². The van der Waals surface area contributed by atoms with Crippen molar-refractivity contribution < 1.29 is 9.53 Å². The van der Waals surface area contributed by atoms with Crippen molar-refractivity contribution in [3.63, 3.8) is 0 Å². The highest BCUT2D eigenvalue weighted by Gasteiger charge is 2.37. The van der Waals surface area contributed by atoms with Crippen molar-refractivity contribution >= 4 is 22.8 Å². The molecular formula is C18H22N6O2. The summed E-state index contributed by atoms with van der Waals surface area (Å²) in [6, 6.07) is 2.15. The molecule has 136 valence electrons. The van der Waals surface area contributed by atoms with E-state index >= 15 is 0 Å². The number of fused-ring (bicyclic) bond motifs is 3. The number of morpholine rings is 1. The van der Waals surface area contributed by atoms with Gasteiger partial charge < -0.3 is 19.5 Å². The first-order valence-electron chi connectivity index (χ1n) is 9.13. The van der Waals surface area contributed by atoms with Crippen LogP contribution in [0.3, 0.4) is 0 Å². The first-order valence-corrected chi connectivity index (χ1v) is 9.13. The summed E-state index contributed by atoms with van der Waals surface area (Å²) in [7, 11) is 0. The van der Waals surface area contributed by atoms with Crippen molar-refractivity contribution in [1.82, 2.24) is 29.2 Å². The summed E-state index contributed by atoms with van der Waals surface area (Å²) in [4.78, 5) is 28.9. The van der Waals surface area contributed by atoms with Crippen molar-refractivity contribution in [3.05, 3.63) is 30.4 Å².